The van der Waals surface area contributed by atoms with Crippen molar-refractivity contribution in [3.8, 4) is 22.7 Å². The van der Waals surface area contributed by atoms with Crippen LogP contribution in [0.4, 0.5) is 0 Å². The molecule has 0 bridgehead atoms. The predicted octanol–water partition coefficient (Wildman–Crippen LogP) is 5.07. The van der Waals surface area contributed by atoms with Crippen molar-refractivity contribution in [2.45, 2.75) is 33.6 Å². The number of rotatable bonds is 6. The number of ketones is 2. The van der Waals surface area contributed by atoms with Gasteiger partial charge in [0.1, 0.15) is 5.69 Å². The maximum absolute atomic E-state index is 13.4. The summed E-state index contributed by atoms with van der Waals surface area (Å²) in [6.07, 6.45) is 1.78. The first-order chi connectivity index (χ1) is 18.2. The molecular weight excluding hydrogens is 482 g/mol. The van der Waals surface area contributed by atoms with Gasteiger partial charge in [0.25, 0.3) is 0 Å². The molecule has 1 aliphatic rings. The van der Waals surface area contributed by atoms with E-state index in [1.165, 1.54) is 21.0 Å². The van der Waals surface area contributed by atoms with Gasteiger partial charge in [0.05, 0.1) is 18.4 Å². The van der Waals surface area contributed by atoms with E-state index < -0.39 is 11.5 Å². The molecule has 0 radical (unpaired) electrons. The summed E-state index contributed by atoms with van der Waals surface area (Å²) in [5.41, 5.74) is 3.78. The second-order valence-corrected chi connectivity index (χ2v) is 9.29. The zero-order chi connectivity index (χ0) is 27.1. The minimum Gasteiger partial charge on any atom is -0.493 e. The van der Waals surface area contributed by atoms with Crippen molar-refractivity contribution in [3.05, 3.63) is 99.3 Å². The molecule has 8 nitrogen and oxygen atoms in total. The second-order valence-electron chi connectivity index (χ2n) is 9.29. The van der Waals surface area contributed by atoms with E-state index >= 15 is 0 Å². The van der Waals surface area contributed by atoms with E-state index in [0.717, 1.165) is 5.69 Å². The van der Waals surface area contributed by atoms with Gasteiger partial charge in [0, 0.05) is 45.6 Å². The molecule has 4 aromatic rings. The predicted molar refractivity (Wildman–Crippen MR) is 144 cm³/mol. The lowest BCUT2D eigenvalue weighted by Crippen LogP contribution is -2.30. The lowest BCUT2D eigenvalue weighted by Gasteiger charge is -2.30. The Morgan fingerprint density at radius 3 is 2.24 bits per heavy atom. The highest BCUT2D eigenvalue weighted by Crippen LogP contribution is 2.42. The smallest absolute Gasteiger partial charge is 0.345 e. The molecule has 192 valence electrons. The van der Waals surface area contributed by atoms with E-state index in [1.54, 1.807) is 29.1 Å². The second kappa shape index (κ2) is 9.63. The maximum Gasteiger partial charge on any atom is 0.345 e. The number of allylic oxidation sites excluding steroid dienone is 4. The lowest BCUT2D eigenvalue weighted by atomic mass is 9.77. The number of carbonyl (C=O) groups is 2. The highest BCUT2D eigenvalue weighted by atomic mass is 16.5. The molecule has 3 heterocycles. The van der Waals surface area contributed by atoms with Crippen LogP contribution < -0.4 is 15.7 Å². The maximum atomic E-state index is 13.4. The summed E-state index contributed by atoms with van der Waals surface area (Å²) in [6.45, 7) is 6.57. The van der Waals surface area contributed by atoms with Gasteiger partial charge in [0.2, 0.25) is 0 Å². The van der Waals surface area contributed by atoms with E-state index in [4.69, 9.17) is 14.3 Å². The van der Waals surface area contributed by atoms with Crippen LogP contribution in [0.1, 0.15) is 39.2 Å². The Morgan fingerprint density at radius 1 is 0.974 bits per heavy atom. The van der Waals surface area contributed by atoms with Gasteiger partial charge in [-0.2, -0.15) is 5.10 Å². The van der Waals surface area contributed by atoms with Crippen LogP contribution in [0.15, 0.2) is 92.5 Å². The van der Waals surface area contributed by atoms with Crippen LogP contribution in [0.5, 0.6) is 5.75 Å². The number of methoxy groups -OCH3 is 1. The Labute approximate surface area is 219 Å². The first-order valence-electron chi connectivity index (χ1n) is 12.2. The summed E-state index contributed by atoms with van der Waals surface area (Å²) in [7, 11) is 1.51. The molecule has 1 aliphatic heterocycles. The monoisotopic (exact) mass is 509 g/mol. The molecular formula is C30H27N3O5. The van der Waals surface area contributed by atoms with Crippen molar-refractivity contribution in [2.24, 2.45) is 0 Å². The quantitative estimate of drug-likeness (QED) is 0.362. The van der Waals surface area contributed by atoms with Gasteiger partial charge in [-0.15, -0.1) is 0 Å². The third kappa shape index (κ3) is 4.14. The van der Waals surface area contributed by atoms with Crippen molar-refractivity contribution < 1.29 is 18.7 Å². The molecule has 0 fully saturated rings. The number of para-hydroxylation sites is 2. The number of hydrogen-bond donors (Lipinski definition) is 1. The Hall–Kier alpha value is -4.72. The van der Waals surface area contributed by atoms with Gasteiger partial charge in [-0.05, 0) is 52.0 Å². The van der Waals surface area contributed by atoms with Gasteiger partial charge in [0.15, 0.2) is 22.9 Å². The summed E-state index contributed by atoms with van der Waals surface area (Å²) in [4.78, 5) is 39.3. The number of nitrogens with zero attached hydrogens (tertiary/aromatic N) is 2. The highest BCUT2D eigenvalue weighted by molar-refractivity contribution is 6.04. The van der Waals surface area contributed by atoms with Gasteiger partial charge in [-0.25, -0.2) is 9.48 Å². The van der Waals surface area contributed by atoms with E-state index in [0.29, 0.717) is 50.5 Å². The fraction of sp³-hybridized carbons (Fsp3) is 0.200. The SMILES string of the molecule is COc1cccc2cc(-c3nn(-c4ccccc4)cc3C3C(C(C)=O)=C(C)NC(C)=C3C(C)=O)c(=O)oc12. The van der Waals surface area contributed by atoms with Crippen molar-refractivity contribution in [3.63, 3.8) is 0 Å². The third-order valence-corrected chi connectivity index (χ3v) is 6.79. The van der Waals surface area contributed by atoms with Crippen LogP contribution >= 0.6 is 0 Å². The largest absolute Gasteiger partial charge is 0.493 e. The average Bonchev–Trinajstić information content (AvgIpc) is 3.32. The number of fused-ring (bicyclic) bond motifs is 1. The Balaban J connectivity index is 1.85. The number of benzene rings is 2. The number of dihydropyridines is 1. The molecule has 38 heavy (non-hydrogen) atoms. The molecule has 2 aromatic heterocycles. The molecule has 2 aromatic carbocycles. The molecule has 1 N–H and O–H groups in total. The molecule has 0 unspecified atom stereocenters. The average molecular weight is 510 g/mol. The minimum absolute atomic E-state index is 0.181. The lowest BCUT2D eigenvalue weighted by molar-refractivity contribution is -0.114. The van der Waals surface area contributed by atoms with E-state index in [9.17, 15) is 14.4 Å². The van der Waals surface area contributed by atoms with Gasteiger partial charge in [-0.3, -0.25) is 9.59 Å². The van der Waals surface area contributed by atoms with Gasteiger partial charge in [-0.1, -0.05) is 30.3 Å². The molecule has 5 rings (SSSR count). The summed E-state index contributed by atoms with van der Waals surface area (Å²) in [5, 5.41) is 8.65. The number of nitrogens with one attached hydrogen (secondary N) is 1. The van der Waals surface area contributed by atoms with Crippen molar-refractivity contribution in [1.29, 1.82) is 0 Å². The topological polar surface area (TPSA) is 103 Å². The Kier molecular flexibility index (Phi) is 6.32. The fourth-order valence-corrected chi connectivity index (χ4v) is 5.20. The van der Waals surface area contributed by atoms with E-state index in [2.05, 4.69) is 5.32 Å². The number of aromatic nitrogens is 2. The standard InChI is InChI=1S/C30H27N3O5/c1-16-25(18(3)34)27(26(19(4)35)17(2)31-16)23-15-33(21-11-7-6-8-12-21)32-28(23)22-14-20-10-9-13-24(37-5)29(20)38-30(22)36/h6-15,27,31H,1-5H3. The number of Topliss-reactive ketones (excluding diaryl/α,β-unsaturated/α-hetero) is 2. The van der Waals surface area contributed by atoms with Crippen LogP contribution in [-0.4, -0.2) is 28.5 Å². The van der Waals surface area contributed by atoms with Crippen molar-refractivity contribution >= 4 is 22.5 Å². The molecule has 8 heteroatoms. The van der Waals surface area contributed by atoms with E-state index in [1.807, 2.05) is 50.2 Å². The van der Waals surface area contributed by atoms with Crippen molar-refractivity contribution in [2.75, 3.05) is 7.11 Å². The summed E-state index contributed by atoms with van der Waals surface area (Å²) >= 11 is 0. The van der Waals surface area contributed by atoms with Gasteiger partial charge >= 0.3 is 5.63 Å². The fourth-order valence-electron chi connectivity index (χ4n) is 5.20. The molecule has 0 saturated heterocycles. The van der Waals surface area contributed by atoms with Gasteiger partial charge < -0.3 is 14.5 Å². The van der Waals surface area contributed by atoms with Crippen LogP contribution in [0.2, 0.25) is 0 Å². The molecule has 0 atom stereocenters. The first-order valence-corrected chi connectivity index (χ1v) is 12.2. The number of carbonyl (C=O) groups excluding carboxylic acids is 2. The Bertz CT molecular complexity index is 1690. The first kappa shape index (κ1) is 25.0. The molecule has 0 amide bonds. The Morgan fingerprint density at radius 2 is 1.63 bits per heavy atom. The van der Waals surface area contributed by atoms with Crippen LogP contribution in [0, 0.1) is 0 Å². The minimum atomic E-state index is -0.723. The van der Waals surface area contributed by atoms with Crippen LogP contribution in [0.3, 0.4) is 0 Å². The summed E-state index contributed by atoms with van der Waals surface area (Å²) < 4.78 is 12.7. The van der Waals surface area contributed by atoms with Crippen molar-refractivity contribution in [1.82, 2.24) is 15.1 Å². The number of hydrogen-bond acceptors (Lipinski definition) is 7. The summed E-state index contributed by atoms with van der Waals surface area (Å²) in [5.74, 6) is -0.645. The van der Waals surface area contributed by atoms with Crippen LogP contribution in [0.25, 0.3) is 27.9 Å². The third-order valence-electron chi connectivity index (χ3n) is 6.79. The highest BCUT2D eigenvalue weighted by Gasteiger charge is 2.37. The van der Waals surface area contributed by atoms with Crippen LogP contribution in [-0.2, 0) is 9.59 Å². The van der Waals surface area contributed by atoms with E-state index in [-0.39, 0.29) is 17.1 Å². The molecule has 0 aliphatic carbocycles. The number of ether oxygens (including phenoxy) is 1. The zero-order valence-electron chi connectivity index (χ0n) is 21.8. The molecule has 0 spiro atoms. The molecule has 0 saturated carbocycles. The summed E-state index contributed by atoms with van der Waals surface area (Å²) in [6, 6.07) is 16.5. The normalized spacial score (nSPS) is 14.1. The zero-order valence-corrected chi connectivity index (χ0v) is 21.8.